The van der Waals surface area contributed by atoms with Gasteiger partial charge in [-0.05, 0) is 18.6 Å². The molecule has 0 aromatic heterocycles. The lowest BCUT2D eigenvalue weighted by molar-refractivity contribution is -0.627. The van der Waals surface area contributed by atoms with Crippen LogP contribution < -0.4 is 0 Å². The lowest BCUT2D eigenvalue weighted by Crippen LogP contribution is -2.73. The van der Waals surface area contributed by atoms with Crippen LogP contribution in [0.3, 0.4) is 0 Å². The van der Waals surface area contributed by atoms with Crippen molar-refractivity contribution in [3.63, 3.8) is 0 Å². The number of aromatic hydroxyl groups is 1. The van der Waals surface area contributed by atoms with E-state index < -0.39 is 11.4 Å². The summed E-state index contributed by atoms with van der Waals surface area (Å²) in [6.07, 6.45) is 0.934. The van der Waals surface area contributed by atoms with Crippen LogP contribution in [0.1, 0.15) is 46.6 Å². The molecule has 1 aromatic rings. The molecule has 2 heterocycles. The Morgan fingerprint density at radius 1 is 1.24 bits per heavy atom. The maximum atomic E-state index is 9.82. The molecule has 2 aliphatic heterocycles. The van der Waals surface area contributed by atoms with Gasteiger partial charge in [0.15, 0.2) is 5.60 Å². The van der Waals surface area contributed by atoms with Gasteiger partial charge < -0.3 is 9.84 Å². The van der Waals surface area contributed by atoms with Gasteiger partial charge in [-0.1, -0.05) is 46.8 Å². The molecule has 0 bridgehead atoms. The summed E-state index contributed by atoms with van der Waals surface area (Å²) in [4.78, 5) is 11.4. The van der Waals surface area contributed by atoms with E-state index in [-0.39, 0.29) is 16.6 Å². The second-order valence-electron chi connectivity index (χ2n) is 7.42. The Labute approximate surface area is 125 Å². The van der Waals surface area contributed by atoms with Gasteiger partial charge in [-0.15, -0.1) is 0 Å². The Morgan fingerprint density at radius 3 is 2.48 bits per heavy atom. The van der Waals surface area contributed by atoms with E-state index in [2.05, 4.69) is 34.6 Å². The second-order valence-corrected chi connectivity index (χ2v) is 7.42. The predicted octanol–water partition coefficient (Wildman–Crippen LogP) is 3.74. The van der Waals surface area contributed by atoms with Gasteiger partial charge in [0.25, 0.3) is 5.79 Å². The highest BCUT2D eigenvalue weighted by Gasteiger charge is 2.81. The summed E-state index contributed by atoms with van der Waals surface area (Å²) in [6, 6.07) is 7.07. The largest absolute Gasteiger partial charge is 0.508 e. The number of fused-ring (bicyclic) bond motifs is 1. The molecule has 0 amide bonds. The highest BCUT2D eigenvalue weighted by atomic mass is 17.3. The summed E-state index contributed by atoms with van der Waals surface area (Å²) >= 11 is 0. The van der Waals surface area contributed by atoms with E-state index in [1.807, 2.05) is 6.07 Å². The van der Waals surface area contributed by atoms with Crippen LogP contribution in [0.4, 0.5) is 0 Å². The summed E-state index contributed by atoms with van der Waals surface area (Å²) < 4.78 is 6.13. The quantitative estimate of drug-likeness (QED) is 0.862. The number of hydrogen-bond acceptors (Lipinski definition) is 4. The first-order chi connectivity index (χ1) is 9.72. The standard InChI is InChI=1S/C17H24O4/c1-6-14(2,3)17-15(4,5)11-19-16(17,20-21-17)12-8-7-9-13(18)10-12/h7-10,18H,6,11H2,1-5H3. The average Bonchev–Trinajstić information content (AvgIpc) is 2.53. The number of ether oxygens (including phenoxy) is 1. The van der Waals surface area contributed by atoms with E-state index in [0.717, 1.165) is 12.0 Å². The molecule has 2 aliphatic rings. The molecule has 0 aliphatic carbocycles. The van der Waals surface area contributed by atoms with Crippen LogP contribution >= 0.6 is 0 Å². The first-order valence-corrected chi connectivity index (χ1v) is 7.53. The van der Waals surface area contributed by atoms with Gasteiger partial charge in [-0.25, -0.2) is 4.89 Å². The lowest BCUT2D eigenvalue weighted by Gasteiger charge is -2.61. The molecule has 2 saturated heterocycles. The second kappa shape index (κ2) is 4.22. The SMILES string of the molecule is CCC(C)(C)C12OOC1(c1cccc(O)c1)OCC2(C)C. The zero-order chi connectivity index (χ0) is 15.5. The highest BCUT2D eigenvalue weighted by Crippen LogP contribution is 2.69. The van der Waals surface area contributed by atoms with Gasteiger partial charge in [0.1, 0.15) is 5.75 Å². The molecule has 0 saturated carbocycles. The van der Waals surface area contributed by atoms with E-state index in [1.165, 1.54) is 0 Å². The van der Waals surface area contributed by atoms with Crippen LogP contribution in [-0.4, -0.2) is 17.3 Å². The minimum Gasteiger partial charge on any atom is -0.508 e. The van der Waals surface area contributed by atoms with Crippen LogP contribution in [0.15, 0.2) is 24.3 Å². The summed E-state index contributed by atoms with van der Waals surface area (Å²) in [6.45, 7) is 11.4. The third kappa shape index (κ3) is 1.56. The minimum absolute atomic E-state index is 0.142. The van der Waals surface area contributed by atoms with Crippen molar-refractivity contribution in [1.82, 2.24) is 0 Å². The molecule has 2 fully saturated rings. The molecule has 2 unspecified atom stereocenters. The van der Waals surface area contributed by atoms with Gasteiger partial charge in [0.2, 0.25) is 0 Å². The lowest BCUT2D eigenvalue weighted by atomic mass is 9.56. The van der Waals surface area contributed by atoms with E-state index in [1.54, 1.807) is 18.2 Å². The topological polar surface area (TPSA) is 47.9 Å². The smallest absolute Gasteiger partial charge is 0.261 e. The maximum absolute atomic E-state index is 9.82. The fraction of sp³-hybridized carbons (Fsp3) is 0.647. The van der Waals surface area contributed by atoms with Gasteiger partial charge in [-0.3, -0.25) is 0 Å². The number of phenolic OH excluding ortho intramolecular Hbond substituents is 1. The van der Waals surface area contributed by atoms with Crippen LogP contribution in [-0.2, 0) is 20.3 Å². The van der Waals surface area contributed by atoms with Crippen molar-refractivity contribution in [2.24, 2.45) is 10.8 Å². The predicted molar refractivity (Wildman–Crippen MR) is 78.5 cm³/mol. The van der Waals surface area contributed by atoms with Crippen molar-refractivity contribution in [1.29, 1.82) is 0 Å². The molecule has 0 radical (unpaired) electrons. The minimum atomic E-state index is -0.950. The maximum Gasteiger partial charge on any atom is 0.261 e. The van der Waals surface area contributed by atoms with Gasteiger partial charge in [0, 0.05) is 16.4 Å². The Balaban J connectivity index is 2.19. The molecule has 1 aromatic carbocycles. The zero-order valence-electron chi connectivity index (χ0n) is 13.4. The van der Waals surface area contributed by atoms with Crippen molar-refractivity contribution < 1.29 is 19.6 Å². The third-order valence-electron chi connectivity index (χ3n) is 5.40. The van der Waals surface area contributed by atoms with E-state index >= 15 is 0 Å². The number of rotatable bonds is 3. The van der Waals surface area contributed by atoms with E-state index in [4.69, 9.17) is 14.5 Å². The van der Waals surface area contributed by atoms with Gasteiger partial charge in [0.05, 0.1) is 6.61 Å². The first-order valence-electron chi connectivity index (χ1n) is 7.53. The summed E-state index contributed by atoms with van der Waals surface area (Å²) in [7, 11) is 0. The van der Waals surface area contributed by atoms with Crippen LogP contribution in [0.5, 0.6) is 5.75 Å². The van der Waals surface area contributed by atoms with Gasteiger partial charge in [-0.2, -0.15) is 4.89 Å². The number of hydrogen-bond donors (Lipinski definition) is 1. The zero-order valence-corrected chi connectivity index (χ0v) is 13.4. The van der Waals surface area contributed by atoms with Crippen LogP contribution in [0.25, 0.3) is 0 Å². The molecule has 3 rings (SSSR count). The number of benzene rings is 1. The molecule has 4 heteroatoms. The highest BCUT2D eigenvalue weighted by molar-refractivity contribution is 5.37. The Bertz CT molecular complexity index is 566. The van der Waals surface area contributed by atoms with Crippen molar-refractivity contribution in [3.05, 3.63) is 29.8 Å². The van der Waals surface area contributed by atoms with E-state index in [0.29, 0.717) is 6.61 Å². The molecule has 0 spiro atoms. The van der Waals surface area contributed by atoms with Gasteiger partial charge >= 0.3 is 0 Å². The van der Waals surface area contributed by atoms with E-state index in [9.17, 15) is 5.11 Å². The molecule has 2 atom stereocenters. The number of phenols is 1. The first kappa shape index (κ1) is 14.8. The van der Waals surface area contributed by atoms with Crippen molar-refractivity contribution in [2.45, 2.75) is 52.4 Å². The molecule has 116 valence electrons. The molecule has 21 heavy (non-hydrogen) atoms. The summed E-state index contributed by atoms with van der Waals surface area (Å²) in [5.41, 5.74) is -0.122. The van der Waals surface area contributed by atoms with Crippen LogP contribution in [0.2, 0.25) is 0 Å². The summed E-state index contributed by atoms with van der Waals surface area (Å²) in [5.74, 6) is -0.747. The molecular formula is C17H24O4. The Morgan fingerprint density at radius 2 is 1.95 bits per heavy atom. The fourth-order valence-electron chi connectivity index (χ4n) is 4.04. The normalized spacial score (nSPS) is 34.3. The monoisotopic (exact) mass is 292 g/mol. The van der Waals surface area contributed by atoms with Crippen molar-refractivity contribution >= 4 is 0 Å². The molecule has 4 nitrogen and oxygen atoms in total. The van der Waals surface area contributed by atoms with Crippen molar-refractivity contribution in [3.8, 4) is 5.75 Å². The average molecular weight is 292 g/mol. The Hall–Kier alpha value is -1.10. The molecular weight excluding hydrogens is 268 g/mol. The third-order valence-corrected chi connectivity index (χ3v) is 5.40. The summed E-state index contributed by atoms with van der Waals surface area (Å²) in [5, 5.41) is 9.82. The fourth-order valence-corrected chi connectivity index (χ4v) is 4.04. The molecule has 1 N–H and O–H groups in total. The Kier molecular flexibility index (Phi) is 2.98. The van der Waals surface area contributed by atoms with Crippen molar-refractivity contribution in [2.75, 3.05) is 6.61 Å². The van der Waals surface area contributed by atoms with Crippen LogP contribution in [0, 0.1) is 10.8 Å².